The van der Waals surface area contributed by atoms with Crippen LogP contribution >= 0.6 is 0 Å². The lowest BCUT2D eigenvalue weighted by molar-refractivity contribution is -0.133. The molecule has 0 saturated heterocycles. The molecule has 0 saturated carbocycles. The van der Waals surface area contributed by atoms with E-state index in [0.29, 0.717) is 32.5 Å². The molecule has 0 aromatic rings. The highest BCUT2D eigenvalue weighted by Gasteiger charge is 2.16. The number of carbonyl (C=O) groups excluding carboxylic acids is 1. The van der Waals surface area contributed by atoms with Gasteiger partial charge in [-0.15, -0.1) is 0 Å². The van der Waals surface area contributed by atoms with Crippen LogP contribution in [0, 0.1) is 0 Å². The molecule has 0 spiro atoms. The Labute approximate surface area is 91.2 Å². The van der Waals surface area contributed by atoms with Crippen LogP contribution in [0.15, 0.2) is 0 Å². The molecule has 0 aliphatic heterocycles. The Hall–Kier alpha value is -0.650. The highest BCUT2D eigenvalue weighted by atomic mass is 16.5. The van der Waals surface area contributed by atoms with E-state index >= 15 is 0 Å². The van der Waals surface area contributed by atoms with E-state index in [1.165, 1.54) is 0 Å². The Morgan fingerprint density at radius 3 is 2.67 bits per heavy atom. The summed E-state index contributed by atoms with van der Waals surface area (Å²) in [6, 6.07) is 0. The molecule has 0 aliphatic rings. The number of aliphatic hydroxyl groups excluding tert-OH is 1. The first kappa shape index (κ1) is 14.3. The smallest absolute Gasteiger partial charge is 0.225 e. The van der Waals surface area contributed by atoms with Crippen molar-refractivity contribution < 1.29 is 14.6 Å². The quantitative estimate of drug-likeness (QED) is 0.580. The second-order valence-corrected chi connectivity index (χ2v) is 3.35. The predicted octanol–water partition coefficient (Wildman–Crippen LogP) is -0.419. The number of rotatable bonds is 8. The Morgan fingerprint density at radius 1 is 1.60 bits per heavy atom. The standard InChI is InChI=1S/C10H22N2O3/c1-3-12(5-4-6-13)10(14)7-9(8-11)15-2/h9,13H,3-8,11H2,1-2H3. The van der Waals surface area contributed by atoms with Crippen LogP contribution in [0.5, 0.6) is 0 Å². The van der Waals surface area contributed by atoms with E-state index in [0.717, 1.165) is 0 Å². The van der Waals surface area contributed by atoms with Gasteiger partial charge in [0.25, 0.3) is 0 Å². The van der Waals surface area contributed by atoms with E-state index in [1.54, 1.807) is 12.0 Å². The van der Waals surface area contributed by atoms with Crippen molar-refractivity contribution in [2.24, 2.45) is 5.73 Å². The first-order valence-corrected chi connectivity index (χ1v) is 5.31. The van der Waals surface area contributed by atoms with E-state index in [4.69, 9.17) is 15.6 Å². The Bertz CT molecular complexity index is 172. The SMILES string of the molecule is CCN(CCCO)C(=O)CC(CN)OC. The van der Waals surface area contributed by atoms with Crippen molar-refractivity contribution in [1.82, 2.24) is 4.90 Å². The van der Waals surface area contributed by atoms with Crippen molar-refractivity contribution in [1.29, 1.82) is 0 Å². The van der Waals surface area contributed by atoms with E-state index in [9.17, 15) is 4.79 Å². The fourth-order valence-corrected chi connectivity index (χ4v) is 1.31. The average Bonchev–Trinajstić information content (AvgIpc) is 2.26. The molecule has 0 bridgehead atoms. The number of amides is 1. The van der Waals surface area contributed by atoms with Crippen molar-refractivity contribution in [2.45, 2.75) is 25.9 Å². The maximum Gasteiger partial charge on any atom is 0.225 e. The van der Waals surface area contributed by atoms with Crippen molar-refractivity contribution in [3.05, 3.63) is 0 Å². The molecule has 0 aromatic heterocycles. The molecule has 0 heterocycles. The van der Waals surface area contributed by atoms with Crippen LogP contribution in [-0.4, -0.2) is 55.4 Å². The Balaban J connectivity index is 4.02. The number of hydrogen-bond donors (Lipinski definition) is 2. The lowest BCUT2D eigenvalue weighted by Crippen LogP contribution is -2.36. The fourth-order valence-electron chi connectivity index (χ4n) is 1.31. The van der Waals surface area contributed by atoms with Gasteiger partial charge in [-0.25, -0.2) is 0 Å². The second kappa shape index (κ2) is 8.64. The van der Waals surface area contributed by atoms with Crippen LogP contribution in [0.4, 0.5) is 0 Å². The third-order valence-electron chi connectivity index (χ3n) is 2.32. The Kier molecular flexibility index (Phi) is 8.27. The summed E-state index contributed by atoms with van der Waals surface area (Å²) in [5.41, 5.74) is 5.44. The summed E-state index contributed by atoms with van der Waals surface area (Å²) in [6.07, 6.45) is 0.715. The minimum atomic E-state index is -0.208. The number of nitrogens with two attached hydrogens (primary N) is 1. The van der Waals surface area contributed by atoms with Gasteiger partial charge < -0.3 is 20.5 Å². The summed E-state index contributed by atoms with van der Waals surface area (Å²) >= 11 is 0. The average molecular weight is 218 g/mol. The van der Waals surface area contributed by atoms with Gasteiger partial charge in [-0.2, -0.15) is 0 Å². The summed E-state index contributed by atoms with van der Waals surface area (Å²) in [7, 11) is 1.55. The van der Waals surface area contributed by atoms with Crippen LogP contribution < -0.4 is 5.73 Å². The molecule has 5 heteroatoms. The van der Waals surface area contributed by atoms with Gasteiger partial charge in [0.15, 0.2) is 0 Å². The largest absolute Gasteiger partial charge is 0.396 e. The third-order valence-corrected chi connectivity index (χ3v) is 2.32. The molecule has 0 rings (SSSR count). The molecule has 3 N–H and O–H groups in total. The maximum absolute atomic E-state index is 11.7. The monoisotopic (exact) mass is 218 g/mol. The molecule has 90 valence electrons. The minimum absolute atomic E-state index is 0.0308. The summed E-state index contributed by atoms with van der Waals surface area (Å²) in [5, 5.41) is 8.68. The molecule has 1 amide bonds. The number of carbonyl (C=O) groups is 1. The van der Waals surface area contributed by atoms with E-state index in [1.807, 2.05) is 6.92 Å². The van der Waals surface area contributed by atoms with Gasteiger partial charge in [-0.1, -0.05) is 0 Å². The third kappa shape index (κ3) is 5.71. The van der Waals surface area contributed by atoms with Gasteiger partial charge in [0.1, 0.15) is 0 Å². The minimum Gasteiger partial charge on any atom is -0.396 e. The summed E-state index contributed by atoms with van der Waals surface area (Å²) in [6.45, 7) is 3.61. The van der Waals surface area contributed by atoms with Gasteiger partial charge >= 0.3 is 0 Å². The number of hydrogen-bond acceptors (Lipinski definition) is 4. The van der Waals surface area contributed by atoms with Crippen molar-refractivity contribution in [2.75, 3.05) is 33.4 Å². The van der Waals surface area contributed by atoms with E-state index in [2.05, 4.69) is 0 Å². The van der Waals surface area contributed by atoms with Crippen LogP contribution in [0.2, 0.25) is 0 Å². The second-order valence-electron chi connectivity index (χ2n) is 3.35. The van der Waals surface area contributed by atoms with Gasteiger partial charge in [0, 0.05) is 33.4 Å². The zero-order valence-corrected chi connectivity index (χ0v) is 9.61. The summed E-state index contributed by atoms with van der Waals surface area (Å²) in [5.74, 6) is 0.0308. The van der Waals surface area contributed by atoms with Gasteiger partial charge in [-0.3, -0.25) is 4.79 Å². The van der Waals surface area contributed by atoms with Crippen molar-refractivity contribution in [3.63, 3.8) is 0 Å². The first-order valence-electron chi connectivity index (χ1n) is 5.31. The van der Waals surface area contributed by atoms with E-state index < -0.39 is 0 Å². The molecular weight excluding hydrogens is 196 g/mol. The van der Waals surface area contributed by atoms with Crippen molar-refractivity contribution in [3.8, 4) is 0 Å². The molecule has 0 radical (unpaired) electrons. The number of ether oxygens (including phenoxy) is 1. The lowest BCUT2D eigenvalue weighted by atomic mass is 10.2. The molecule has 0 aromatic carbocycles. The highest BCUT2D eigenvalue weighted by Crippen LogP contribution is 2.01. The number of nitrogens with zero attached hydrogens (tertiary/aromatic N) is 1. The fraction of sp³-hybridized carbons (Fsp3) is 0.900. The Morgan fingerprint density at radius 2 is 2.27 bits per heavy atom. The van der Waals surface area contributed by atoms with Crippen molar-refractivity contribution >= 4 is 5.91 Å². The molecule has 1 atom stereocenters. The molecule has 0 aliphatic carbocycles. The lowest BCUT2D eigenvalue weighted by Gasteiger charge is -2.22. The zero-order valence-electron chi connectivity index (χ0n) is 9.61. The molecule has 1 unspecified atom stereocenters. The molecule has 15 heavy (non-hydrogen) atoms. The first-order chi connectivity index (χ1) is 7.19. The van der Waals surface area contributed by atoms with Crippen LogP contribution in [-0.2, 0) is 9.53 Å². The zero-order chi connectivity index (χ0) is 11.7. The van der Waals surface area contributed by atoms with Crippen LogP contribution in [0.1, 0.15) is 19.8 Å². The van der Waals surface area contributed by atoms with Gasteiger partial charge in [0.05, 0.1) is 12.5 Å². The molecule has 0 fully saturated rings. The van der Waals surface area contributed by atoms with Crippen LogP contribution in [0.25, 0.3) is 0 Å². The number of methoxy groups -OCH3 is 1. The summed E-state index contributed by atoms with van der Waals surface area (Å²) < 4.78 is 5.05. The van der Waals surface area contributed by atoms with Gasteiger partial charge in [0.2, 0.25) is 5.91 Å². The summed E-state index contributed by atoms with van der Waals surface area (Å²) in [4.78, 5) is 13.4. The topological polar surface area (TPSA) is 75.8 Å². The molecular formula is C10H22N2O3. The molecule has 5 nitrogen and oxygen atoms in total. The van der Waals surface area contributed by atoms with Gasteiger partial charge in [-0.05, 0) is 13.3 Å². The van der Waals surface area contributed by atoms with E-state index in [-0.39, 0.29) is 18.6 Å². The highest BCUT2D eigenvalue weighted by molar-refractivity contribution is 5.76. The van der Waals surface area contributed by atoms with Crippen LogP contribution in [0.3, 0.4) is 0 Å². The predicted molar refractivity (Wildman–Crippen MR) is 58.4 cm³/mol. The normalized spacial score (nSPS) is 12.5. The number of aliphatic hydroxyl groups is 1. The maximum atomic E-state index is 11.7.